The van der Waals surface area contributed by atoms with Gasteiger partial charge < -0.3 is 5.32 Å². The molecule has 0 bridgehead atoms. The lowest BCUT2D eigenvalue weighted by Gasteiger charge is -2.11. The number of amides is 1. The fourth-order valence-electron chi connectivity index (χ4n) is 1.98. The Morgan fingerprint density at radius 2 is 1.67 bits per heavy atom. The molecule has 0 saturated carbocycles. The summed E-state index contributed by atoms with van der Waals surface area (Å²) in [4.78, 5) is 12.0. The maximum absolute atomic E-state index is 12.0. The van der Waals surface area contributed by atoms with E-state index in [2.05, 4.69) is 63.6 Å². The SMILES string of the molecule is C/C(=N/NC(=O)CNc1c(Br)cc(C)cc1Br)c1ccc(Br)cc1. The van der Waals surface area contributed by atoms with Gasteiger partial charge in [0.1, 0.15) is 0 Å². The van der Waals surface area contributed by atoms with Crippen LogP contribution in [0.4, 0.5) is 5.69 Å². The molecule has 2 aromatic rings. The van der Waals surface area contributed by atoms with Crippen molar-refractivity contribution in [1.29, 1.82) is 0 Å². The molecule has 0 heterocycles. The number of hydrogen-bond acceptors (Lipinski definition) is 3. The van der Waals surface area contributed by atoms with E-state index in [0.29, 0.717) is 0 Å². The third kappa shape index (κ3) is 5.43. The molecule has 0 saturated heterocycles. The van der Waals surface area contributed by atoms with Gasteiger partial charge in [-0.1, -0.05) is 28.1 Å². The average Bonchev–Trinajstić information content (AvgIpc) is 2.52. The zero-order valence-corrected chi connectivity index (χ0v) is 17.9. The molecule has 0 aliphatic carbocycles. The van der Waals surface area contributed by atoms with Crippen molar-refractivity contribution in [3.63, 3.8) is 0 Å². The lowest BCUT2D eigenvalue weighted by atomic mass is 10.1. The molecule has 0 aliphatic heterocycles. The molecule has 126 valence electrons. The Morgan fingerprint density at radius 3 is 2.25 bits per heavy atom. The molecule has 2 aromatic carbocycles. The van der Waals surface area contributed by atoms with E-state index in [0.717, 1.165) is 35.9 Å². The Bertz CT molecular complexity index is 750. The van der Waals surface area contributed by atoms with Crippen molar-refractivity contribution in [1.82, 2.24) is 5.43 Å². The van der Waals surface area contributed by atoms with E-state index in [1.54, 1.807) is 0 Å². The predicted octanol–water partition coefficient (Wildman–Crippen LogP) is 5.23. The van der Waals surface area contributed by atoms with E-state index in [9.17, 15) is 4.79 Å². The Labute approximate surface area is 166 Å². The first-order valence-corrected chi connectivity index (χ1v) is 9.53. The molecular weight excluding hydrogens is 502 g/mol. The van der Waals surface area contributed by atoms with Gasteiger partial charge in [0.15, 0.2) is 0 Å². The number of anilines is 1. The highest BCUT2D eigenvalue weighted by atomic mass is 79.9. The highest BCUT2D eigenvalue weighted by Gasteiger charge is 2.08. The van der Waals surface area contributed by atoms with Crippen LogP contribution in [0.3, 0.4) is 0 Å². The number of hydrazone groups is 1. The molecule has 0 spiro atoms. The van der Waals surface area contributed by atoms with E-state index in [1.807, 2.05) is 50.2 Å². The molecule has 24 heavy (non-hydrogen) atoms. The minimum absolute atomic E-state index is 0.122. The Hall–Kier alpha value is -1.18. The van der Waals surface area contributed by atoms with Crippen molar-refractivity contribution in [2.75, 3.05) is 11.9 Å². The number of halogens is 3. The third-order valence-electron chi connectivity index (χ3n) is 3.22. The molecule has 0 radical (unpaired) electrons. The van der Waals surface area contributed by atoms with Gasteiger partial charge in [0.25, 0.3) is 5.91 Å². The summed E-state index contributed by atoms with van der Waals surface area (Å²) < 4.78 is 2.80. The largest absolute Gasteiger partial charge is 0.374 e. The number of carbonyl (C=O) groups is 1. The average molecular weight is 518 g/mol. The van der Waals surface area contributed by atoms with Crippen LogP contribution in [0.25, 0.3) is 0 Å². The van der Waals surface area contributed by atoms with Crippen molar-refractivity contribution in [2.24, 2.45) is 5.10 Å². The topological polar surface area (TPSA) is 53.5 Å². The first-order chi connectivity index (χ1) is 11.4. The minimum Gasteiger partial charge on any atom is -0.374 e. The summed E-state index contributed by atoms with van der Waals surface area (Å²) in [6.45, 7) is 3.98. The van der Waals surface area contributed by atoms with Crippen LogP contribution in [0.2, 0.25) is 0 Å². The zero-order valence-electron chi connectivity index (χ0n) is 13.2. The molecule has 2 N–H and O–H groups in total. The van der Waals surface area contributed by atoms with Crippen LogP contribution in [0.1, 0.15) is 18.1 Å². The van der Waals surface area contributed by atoms with E-state index in [-0.39, 0.29) is 12.5 Å². The highest BCUT2D eigenvalue weighted by molar-refractivity contribution is 9.11. The summed E-state index contributed by atoms with van der Waals surface area (Å²) in [6.07, 6.45) is 0. The number of nitrogens with one attached hydrogen (secondary N) is 2. The van der Waals surface area contributed by atoms with Crippen molar-refractivity contribution >= 4 is 65.1 Å². The molecule has 0 unspecified atom stereocenters. The first kappa shape index (κ1) is 19.1. The van der Waals surface area contributed by atoms with Crippen LogP contribution in [-0.4, -0.2) is 18.2 Å². The second kappa shape index (κ2) is 8.78. The molecule has 0 aliphatic rings. The number of carbonyl (C=O) groups excluding carboxylic acids is 1. The Balaban J connectivity index is 1.94. The second-order valence-electron chi connectivity index (χ2n) is 5.20. The van der Waals surface area contributed by atoms with Crippen molar-refractivity contribution in [3.05, 3.63) is 60.9 Å². The summed E-state index contributed by atoms with van der Waals surface area (Å²) in [5.41, 5.74) is 6.22. The summed E-state index contributed by atoms with van der Waals surface area (Å²) in [5, 5.41) is 7.23. The van der Waals surface area contributed by atoms with Gasteiger partial charge in [-0.25, -0.2) is 5.43 Å². The van der Waals surface area contributed by atoms with Gasteiger partial charge >= 0.3 is 0 Å². The van der Waals surface area contributed by atoms with Gasteiger partial charge in [0.2, 0.25) is 0 Å². The van der Waals surface area contributed by atoms with Crippen LogP contribution in [0.5, 0.6) is 0 Å². The van der Waals surface area contributed by atoms with Crippen LogP contribution in [-0.2, 0) is 4.79 Å². The standard InChI is InChI=1S/C17H16Br3N3O/c1-10-7-14(19)17(15(20)8-10)21-9-16(24)23-22-11(2)12-3-5-13(18)6-4-12/h3-8,21H,9H2,1-2H3,(H,23,24)/b22-11-. The van der Waals surface area contributed by atoms with Crippen LogP contribution in [0, 0.1) is 6.92 Å². The lowest BCUT2D eigenvalue weighted by molar-refractivity contribution is -0.119. The quantitative estimate of drug-likeness (QED) is 0.421. The van der Waals surface area contributed by atoms with Crippen molar-refractivity contribution < 1.29 is 4.79 Å². The number of rotatable bonds is 5. The normalized spacial score (nSPS) is 11.3. The zero-order chi connectivity index (χ0) is 17.7. The van der Waals surface area contributed by atoms with Crippen molar-refractivity contribution in [3.8, 4) is 0 Å². The Kier molecular flexibility index (Phi) is 7.01. The summed E-state index contributed by atoms with van der Waals surface area (Å²) >= 11 is 10.4. The molecule has 7 heteroatoms. The minimum atomic E-state index is -0.217. The lowest BCUT2D eigenvalue weighted by Crippen LogP contribution is -2.27. The summed E-state index contributed by atoms with van der Waals surface area (Å²) in [5.74, 6) is -0.217. The monoisotopic (exact) mass is 515 g/mol. The highest BCUT2D eigenvalue weighted by Crippen LogP contribution is 2.32. The molecule has 0 aromatic heterocycles. The molecule has 0 atom stereocenters. The maximum atomic E-state index is 12.0. The van der Waals surface area contributed by atoms with Gasteiger partial charge in [-0.2, -0.15) is 5.10 Å². The van der Waals surface area contributed by atoms with E-state index in [1.165, 1.54) is 0 Å². The van der Waals surface area contributed by atoms with E-state index in [4.69, 9.17) is 0 Å². The molecule has 1 amide bonds. The molecule has 2 rings (SSSR count). The van der Waals surface area contributed by atoms with E-state index >= 15 is 0 Å². The van der Waals surface area contributed by atoms with Crippen molar-refractivity contribution in [2.45, 2.75) is 13.8 Å². The molecular formula is C17H16Br3N3O. The number of nitrogens with zero attached hydrogens (tertiary/aromatic N) is 1. The van der Waals surface area contributed by atoms with Crippen LogP contribution < -0.4 is 10.7 Å². The van der Waals surface area contributed by atoms with Gasteiger partial charge in [0.05, 0.1) is 17.9 Å². The maximum Gasteiger partial charge on any atom is 0.259 e. The van der Waals surface area contributed by atoms with Gasteiger partial charge in [0, 0.05) is 13.4 Å². The van der Waals surface area contributed by atoms with Gasteiger partial charge in [-0.3, -0.25) is 4.79 Å². The van der Waals surface area contributed by atoms with Gasteiger partial charge in [-0.15, -0.1) is 0 Å². The summed E-state index contributed by atoms with van der Waals surface area (Å²) in [7, 11) is 0. The number of aryl methyl sites for hydroxylation is 1. The predicted molar refractivity (Wildman–Crippen MR) is 110 cm³/mol. The summed E-state index contributed by atoms with van der Waals surface area (Å²) in [6, 6.07) is 11.7. The Morgan fingerprint density at radius 1 is 1.08 bits per heavy atom. The smallest absolute Gasteiger partial charge is 0.259 e. The number of hydrogen-bond donors (Lipinski definition) is 2. The fourth-order valence-corrected chi connectivity index (χ4v) is 3.94. The fraction of sp³-hybridized carbons (Fsp3) is 0.176. The number of benzene rings is 2. The molecule has 0 fully saturated rings. The molecule has 4 nitrogen and oxygen atoms in total. The van der Waals surface area contributed by atoms with Gasteiger partial charge in [-0.05, 0) is 81.1 Å². The van der Waals surface area contributed by atoms with Crippen LogP contribution in [0.15, 0.2) is 54.9 Å². The third-order valence-corrected chi connectivity index (χ3v) is 5.00. The second-order valence-corrected chi connectivity index (χ2v) is 7.82. The first-order valence-electron chi connectivity index (χ1n) is 7.15. The van der Waals surface area contributed by atoms with E-state index < -0.39 is 0 Å². The van der Waals surface area contributed by atoms with Crippen LogP contribution >= 0.6 is 47.8 Å².